The van der Waals surface area contributed by atoms with Crippen LogP contribution in [0.1, 0.15) is 32.1 Å². The monoisotopic (exact) mass is 199 g/mol. The third-order valence-corrected chi connectivity index (χ3v) is 3.42. The Kier molecular flexibility index (Phi) is 3.79. The van der Waals surface area contributed by atoms with Gasteiger partial charge in [-0.25, -0.2) is 0 Å². The second-order valence-electron chi connectivity index (χ2n) is 4.42. The Balaban J connectivity index is 1.90. The zero-order valence-corrected chi connectivity index (χ0v) is 8.82. The van der Waals surface area contributed by atoms with Gasteiger partial charge in [-0.3, -0.25) is 4.90 Å². The Morgan fingerprint density at radius 1 is 1.00 bits per heavy atom. The first-order chi connectivity index (χ1) is 6.88. The summed E-state index contributed by atoms with van der Waals surface area (Å²) in [5.74, 6) is 0. The van der Waals surface area contributed by atoms with Gasteiger partial charge in [0.1, 0.15) is 0 Å². The van der Waals surface area contributed by atoms with Crippen LogP contribution in [0.4, 0.5) is 0 Å². The third-order valence-electron chi connectivity index (χ3n) is 3.42. The molecule has 0 bridgehead atoms. The number of ether oxygens (including phenoxy) is 1. The van der Waals surface area contributed by atoms with Crippen LogP contribution in [0.5, 0.6) is 0 Å². The standard InChI is InChI=1S/C11H21NO2/c13-11-5-2-1-4-10(11)12-6-3-8-14-9-7-12/h10-11,13H,1-9H2/t10-,11-/m0/s1. The van der Waals surface area contributed by atoms with Crippen LogP contribution in [0.15, 0.2) is 0 Å². The van der Waals surface area contributed by atoms with Gasteiger partial charge in [0, 0.05) is 25.7 Å². The van der Waals surface area contributed by atoms with Crippen LogP contribution >= 0.6 is 0 Å². The molecule has 2 atom stereocenters. The molecule has 0 aromatic heterocycles. The maximum Gasteiger partial charge on any atom is 0.0695 e. The molecule has 14 heavy (non-hydrogen) atoms. The van der Waals surface area contributed by atoms with Crippen LogP contribution in [0.25, 0.3) is 0 Å². The van der Waals surface area contributed by atoms with E-state index in [-0.39, 0.29) is 6.10 Å². The van der Waals surface area contributed by atoms with Crippen molar-refractivity contribution in [2.45, 2.75) is 44.2 Å². The molecule has 0 unspecified atom stereocenters. The summed E-state index contributed by atoms with van der Waals surface area (Å²) < 4.78 is 5.43. The lowest BCUT2D eigenvalue weighted by Crippen LogP contribution is -2.46. The van der Waals surface area contributed by atoms with Crippen LogP contribution in [0.3, 0.4) is 0 Å². The minimum atomic E-state index is -0.0955. The van der Waals surface area contributed by atoms with E-state index in [1.165, 1.54) is 19.3 Å². The molecule has 82 valence electrons. The predicted octanol–water partition coefficient (Wildman–Crippen LogP) is 1.01. The Morgan fingerprint density at radius 2 is 1.86 bits per heavy atom. The van der Waals surface area contributed by atoms with Gasteiger partial charge in [-0.15, -0.1) is 0 Å². The lowest BCUT2D eigenvalue weighted by molar-refractivity contribution is 0.0185. The molecule has 3 heteroatoms. The van der Waals surface area contributed by atoms with Crippen LogP contribution in [0, 0.1) is 0 Å². The van der Waals surface area contributed by atoms with Crippen LogP contribution in [0.2, 0.25) is 0 Å². The molecule has 2 fully saturated rings. The maximum absolute atomic E-state index is 9.93. The van der Waals surface area contributed by atoms with E-state index in [1.54, 1.807) is 0 Å². The normalized spacial score (nSPS) is 36.6. The molecule has 1 aliphatic heterocycles. The molecule has 0 aromatic carbocycles. The van der Waals surface area contributed by atoms with Crippen molar-refractivity contribution >= 4 is 0 Å². The summed E-state index contributed by atoms with van der Waals surface area (Å²) in [4.78, 5) is 2.43. The number of aliphatic hydroxyl groups is 1. The smallest absolute Gasteiger partial charge is 0.0695 e. The minimum absolute atomic E-state index is 0.0955. The first-order valence-corrected chi connectivity index (χ1v) is 5.88. The largest absolute Gasteiger partial charge is 0.391 e. The Morgan fingerprint density at radius 3 is 2.71 bits per heavy atom. The van der Waals surface area contributed by atoms with Crippen molar-refractivity contribution in [3.05, 3.63) is 0 Å². The molecule has 3 nitrogen and oxygen atoms in total. The van der Waals surface area contributed by atoms with Crippen molar-refractivity contribution in [2.24, 2.45) is 0 Å². The first-order valence-electron chi connectivity index (χ1n) is 5.88. The lowest BCUT2D eigenvalue weighted by Gasteiger charge is -2.36. The Bertz CT molecular complexity index is 167. The number of hydrogen-bond donors (Lipinski definition) is 1. The molecule has 1 heterocycles. The quantitative estimate of drug-likeness (QED) is 0.684. The molecule has 1 aliphatic carbocycles. The van der Waals surface area contributed by atoms with E-state index in [2.05, 4.69) is 4.90 Å². The molecule has 0 amide bonds. The topological polar surface area (TPSA) is 32.7 Å². The van der Waals surface area contributed by atoms with Gasteiger partial charge in [0.15, 0.2) is 0 Å². The average Bonchev–Trinajstić information content (AvgIpc) is 2.47. The Labute approximate surface area is 86.0 Å². The zero-order valence-electron chi connectivity index (χ0n) is 8.82. The molecule has 1 saturated heterocycles. The highest BCUT2D eigenvalue weighted by atomic mass is 16.5. The number of aliphatic hydroxyl groups excluding tert-OH is 1. The third kappa shape index (κ3) is 2.47. The summed E-state index contributed by atoms with van der Waals surface area (Å²) in [7, 11) is 0. The first kappa shape index (κ1) is 10.4. The minimum Gasteiger partial charge on any atom is -0.391 e. The fourth-order valence-electron chi connectivity index (χ4n) is 2.61. The van der Waals surface area contributed by atoms with Gasteiger partial charge in [-0.2, -0.15) is 0 Å². The van der Waals surface area contributed by atoms with E-state index in [0.29, 0.717) is 6.04 Å². The number of hydrogen-bond acceptors (Lipinski definition) is 3. The summed E-state index contributed by atoms with van der Waals surface area (Å²) in [6, 6.07) is 0.408. The molecule has 2 rings (SSSR count). The zero-order chi connectivity index (χ0) is 9.80. The number of rotatable bonds is 1. The van der Waals surface area contributed by atoms with E-state index in [9.17, 15) is 5.11 Å². The molecule has 0 aromatic rings. The van der Waals surface area contributed by atoms with Crippen molar-refractivity contribution in [1.82, 2.24) is 4.90 Å². The fourth-order valence-corrected chi connectivity index (χ4v) is 2.61. The summed E-state index contributed by atoms with van der Waals surface area (Å²) in [5, 5.41) is 9.93. The highest BCUT2D eigenvalue weighted by molar-refractivity contribution is 4.83. The van der Waals surface area contributed by atoms with E-state index < -0.39 is 0 Å². The van der Waals surface area contributed by atoms with E-state index in [1.807, 2.05) is 0 Å². The SMILES string of the molecule is O[C@H]1CCCC[C@@H]1N1CCCOCC1. The summed E-state index contributed by atoms with van der Waals surface area (Å²) >= 11 is 0. The van der Waals surface area contributed by atoms with Crippen LogP contribution < -0.4 is 0 Å². The number of nitrogens with zero attached hydrogens (tertiary/aromatic N) is 1. The van der Waals surface area contributed by atoms with Gasteiger partial charge in [0.25, 0.3) is 0 Å². The van der Waals surface area contributed by atoms with Gasteiger partial charge in [-0.05, 0) is 19.3 Å². The second kappa shape index (κ2) is 5.10. The molecule has 2 aliphatic rings. The van der Waals surface area contributed by atoms with Crippen molar-refractivity contribution in [3.63, 3.8) is 0 Å². The van der Waals surface area contributed by atoms with Gasteiger partial charge < -0.3 is 9.84 Å². The van der Waals surface area contributed by atoms with Crippen LogP contribution in [-0.4, -0.2) is 48.5 Å². The molecule has 0 spiro atoms. The van der Waals surface area contributed by atoms with Gasteiger partial charge >= 0.3 is 0 Å². The van der Waals surface area contributed by atoms with Crippen molar-refractivity contribution in [1.29, 1.82) is 0 Å². The van der Waals surface area contributed by atoms with Crippen LogP contribution in [-0.2, 0) is 4.74 Å². The van der Waals surface area contributed by atoms with Crippen molar-refractivity contribution in [3.8, 4) is 0 Å². The van der Waals surface area contributed by atoms with Gasteiger partial charge in [-0.1, -0.05) is 12.8 Å². The van der Waals surface area contributed by atoms with Crippen molar-refractivity contribution in [2.75, 3.05) is 26.3 Å². The van der Waals surface area contributed by atoms with E-state index in [0.717, 1.165) is 39.1 Å². The molecule has 1 saturated carbocycles. The van der Waals surface area contributed by atoms with E-state index in [4.69, 9.17) is 4.74 Å². The highest BCUT2D eigenvalue weighted by Crippen LogP contribution is 2.23. The molecular formula is C11H21NO2. The second-order valence-corrected chi connectivity index (χ2v) is 4.42. The summed E-state index contributed by atoms with van der Waals surface area (Å²) in [6.45, 7) is 3.83. The summed E-state index contributed by atoms with van der Waals surface area (Å²) in [6.07, 6.45) is 5.65. The maximum atomic E-state index is 9.93. The van der Waals surface area contributed by atoms with E-state index >= 15 is 0 Å². The predicted molar refractivity (Wildman–Crippen MR) is 55.3 cm³/mol. The fraction of sp³-hybridized carbons (Fsp3) is 1.00. The molecule has 0 radical (unpaired) electrons. The average molecular weight is 199 g/mol. The Hall–Kier alpha value is -0.120. The van der Waals surface area contributed by atoms with Crippen molar-refractivity contribution < 1.29 is 9.84 Å². The lowest BCUT2D eigenvalue weighted by atomic mass is 9.91. The highest BCUT2D eigenvalue weighted by Gasteiger charge is 2.28. The van der Waals surface area contributed by atoms with Gasteiger partial charge in [0.05, 0.1) is 12.7 Å². The molecule has 1 N–H and O–H groups in total. The summed E-state index contributed by atoms with van der Waals surface area (Å²) in [5.41, 5.74) is 0. The molecular weight excluding hydrogens is 178 g/mol. The van der Waals surface area contributed by atoms with Gasteiger partial charge in [0.2, 0.25) is 0 Å².